The standard InChI is InChI=1S/C31H37F3N6O2/c1-20(2)28-16-37(4)8-9-38(28)14-22-10-25-26(27(11-22)31(32,33)34)15-39(29(25)41)24-7-5-6-23(12-24)30(18-42-19-30)17-40-35-13-21(3)36-40/h5-7,10-13,20,28H,8-9,14-19H2,1-4H3. The van der Waals surface area contributed by atoms with E-state index in [9.17, 15) is 18.0 Å². The molecule has 2 fully saturated rings. The first-order valence-electron chi connectivity index (χ1n) is 14.5. The second kappa shape index (κ2) is 10.8. The average Bonchev–Trinajstić information content (AvgIpc) is 3.48. The van der Waals surface area contributed by atoms with Gasteiger partial charge >= 0.3 is 6.18 Å². The van der Waals surface area contributed by atoms with Crippen molar-refractivity contribution < 1.29 is 22.7 Å². The van der Waals surface area contributed by atoms with Crippen molar-refractivity contribution in [2.75, 3.05) is 44.8 Å². The summed E-state index contributed by atoms with van der Waals surface area (Å²) < 4.78 is 48.8. The molecular weight excluding hydrogens is 545 g/mol. The monoisotopic (exact) mass is 582 g/mol. The highest BCUT2D eigenvalue weighted by atomic mass is 19.4. The van der Waals surface area contributed by atoms with Crippen molar-refractivity contribution in [3.05, 3.63) is 76.1 Å². The quantitative estimate of drug-likeness (QED) is 0.409. The number of nitrogens with zero attached hydrogens (tertiary/aromatic N) is 6. The van der Waals surface area contributed by atoms with Crippen molar-refractivity contribution in [2.45, 2.75) is 58.0 Å². The Labute approximate surface area is 244 Å². The molecular formula is C31H37F3N6O2. The molecule has 2 aromatic carbocycles. The zero-order chi connectivity index (χ0) is 29.8. The van der Waals surface area contributed by atoms with Crippen molar-refractivity contribution in [3.63, 3.8) is 0 Å². The summed E-state index contributed by atoms with van der Waals surface area (Å²) in [6.07, 6.45) is -2.87. The SMILES string of the molecule is Cc1cnn(CC2(c3cccc(N4Cc5c(cc(CN6CCN(C)CC6C(C)C)cc5C(F)(F)F)C4=O)c3)COC2)n1. The Balaban J connectivity index is 1.30. The van der Waals surface area contributed by atoms with Gasteiger partial charge in [-0.2, -0.15) is 28.2 Å². The highest BCUT2D eigenvalue weighted by Gasteiger charge is 2.44. The van der Waals surface area contributed by atoms with Gasteiger partial charge in [-0.05, 0) is 60.8 Å². The fourth-order valence-electron chi connectivity index (χ4n) is 6.51. The van der Waals surface area contributed by atoms with Gasteiger partial charge in [-0.25, -0.2) is 0 Å². The molecule has 4 heterocycles. The lowest BCUT2D eigenvalue weighted by Gasteiger charge is -2.42. The summed E-state index contributed by atoms with van der Waals surface area (Å²) in [6, 6.07) is 10.6. The van der Waals surface area contributed by atoms with Crippen molar-refractivity contribution >= 4 is 11.6 Å². The van der Waals surface area contributed by atoms with E-state index in [2.05, 4.69) is 40.9 Å². The van der Waals surface area contributed by atoms with E-state index in [4.69, 9.17) is 4.74 Å². The predicted molar refractivity (Wildman–Crippen MR) is 152 cm³/mol. The summed E-state index contributed by atoms with van der Waals surface area (Å²) in [6.45, 7) is 10.3. The normalized spacial score (nSPS) is 21.2. The molecule has 0 bridgehead atoms. The van der Waals surface area contributed by atoms with Crippen LogP contribution in [0.25, 0.3) is 0 Å². The molecule has 0 spiro atoms. The van der Waals surface area contributed by atoms with Gasteiger partial charge in [0.15, 0.2) is 0 Å². The average molecular weight is 583 g/mol. The van der Waals surface area contributed by atoms with E-state index in [1.165, 1.54) is 11.0 Å². The number of aromatic nitrogens is 3. The summed E-state index contributed by atoms with van der Waals surface area (Å²) in [7, 11) is 2.07. The zero-order valence-corrected chi connectivity index (χ0v) is 24.5. The molecule has 1 amide bonds. The summed E-state index contributed by atoms with van der Waals surface area (Å²) in [5.41, 5.74) is 1.92. The third kappa shape index (κ3) is 5.33. The third-order valence-electron chi connectivity index (χ3n) is 8.92. The van der Waals surface area contributed by atoms with Gasteiger partial charge in [-0.3, -0.25) is 9.69 Å². The molecule has 3 aliphatic rings. The van der Waals surface area contributed by atoms with Gasteiger partial charge in [-0.15, -0.1) is 0 Å². The van der Waals surface area contributed by atoms with Crippen LogP contribution in [0.1, 0.15) is 52.2 Å². The van der Waals surface area contributed by atoms with Gasteiger partial charge in [0, 0.05) is 43.5 Å². The van der Waals surface area contributed by atoms with Gasteiger partial charge in [0.2, 0.25) is 0 Å². The topological polar surface area (TPSA) is 66.7 Å². The number of alkyl halides is 3. The Hall–Kier alpha value is -3.28. The summed E-state index contributed by atoms with van der Waals surface area (Å²) >= 11 is 0. The minimum atomic E-state index is -4.57. The third-order valence-corrected chi connectivity index (χ3v) is 8.92. The van der Waals surface area contributed by atoms with Gasteiger partial charge in [0.05, 0.1) is 49.2 Å². The van der Waals surface area contributed by atoms with Crippen molar-refractivity contribution in [1.82, 2.24) is 24.8 Å². The Morgan fingerprint density at radius 3 is 2.57 bits per heavy atom. The van der Waals surface area contributed by atoms with Gasteiger partial charge in [0.1, 0.15) is 0 Å². The van der Waals surface area contributed by atoms with Gasteiger partial charge < -0.3 is 14.5 Å². The van der Waals surface area contributed by atoms with E-state index >= 15 is 0 Å². The van der Waals surface area contributed by atoms with Crippen LogP contribution in [0.3, 0.4) is 0 Å². The van der Waals surface area contributed by atoms with Crippen molar-refractivity contribution in [2.24, 2.45) is 5.92 Å². The predicted octanol–water partition coefficient (Wildman–Crippen LogP) is 4.51. The molecule has 42 heavy (non-hydrogen) atoms. The maximum absolute atomic E-state index is 14.4. The van der Waals surface area contributed by atoms with E-state index in [0.717, 1.165) is 30.9 Å². The molecule has 0 N–H and O–H groups in total. The van der Waals surface area contributed by atoms with Crippen molar-refractivity contribution in [3.8, 4) is 0 Å². The lowest BCUT2D eigenvalue weighted by molar-refractivity contribution is -0.138. The van der Waals surface area contributed by atoms with Crippen LogP contribution in [-0.2, 0) is 36.0 Å². The van der Waals surface area contributed by atoms with E-state index in [0.29, 0.717) is 43.5 Å². The second-order valence-corrected chi connectivity index (χ2v) is 12.4. The fourth-order valence-corrected chi connectivity index (χ4v) is 6.51. The highest BCUT2D eigenvalue weighted by molar-refractivity contribution is 6.10. The molecule has 8 nitrogen and oxygen atoms in total. The first-order chi connectivity index (χ1) is 19.9. The molecule has 1 unspecified atom stereocenters. The maximum atomic E-state index is 14.4. The molecule has 0 saturated carbocycles. The molecule has 2 saturated heterocycles. The number of fused-ring (bicyclic) bond motifs is 1. The number of carbonyl (C=O) groups is 1. The molecule has 0 radical (unpaired) electrons. The van der Waals surface area contributed by atoms with Crippen LogP contribution in [-0.4, -0.2) is 76.6 Å². The lowest BCUT2D eigenvalue weighted by atomic mass is 9.78. The van der Waals surface area contributed by atoms with Crippen LogP contribution >= 0.6 is 0 Å². The number of ether oxygens (including phenoxy) is 1. The molecule has 6 rings (SSSR count). The Bertz CT molecular complexity index is 1480. The number of amides is 1. The van der Waals surface area contributed by atoms with E-state index in [1.807, 2.05) is 25.1 Å². The largest absolute Gasteiger partial charge is 0.416 e. The Kier molecular flexibility index (Phi) is 7.39. The zero-order valence-electron chi connectivity index (χ0n) is 24.5. The van der Waals surface area contributed by atoms with Gasteiger partial charge in [0.25, 0.3) is 5.91 Å². The van der Waals surface area contributed by atoms with Crippen LogP contribution in [0.2, 0.25) is 0 Å². The van der Waals surface area contributed by atoms with E-state index in [1.54, 1.807) is 23.1 Å². The number of benzene rings is 2. The number of carbonyl (C=O) groups excluding carboxylic acids is 1. The highest BCUT2D eigenvalue weighted by Crippen LogP contribution is 2.41. The molecule has 1 atom stereocenters. The number of hydrogen-bond acceptors (Lipinski definition) is 6. The minimum absolute atomic E-state index is 0.0401. The van der Waals surface area contributed by atoms with Crippen LogP contribution in [0.5, 0.6) is 0 Å². The summed E-state index contributed by atoms with van der Waals surface area (Å²) in [5.74, 6) is -0.0531. The fraction of sp³-hybridized carbons (Fsp3) is 0.516. The number of anilines is 1. The molecule has 3 aromatic rings. The number of aryl methyl sites for hydroxylation is 1. The Morgan fingerprint density at radius 2 is 1.93 bits per heavy atom. The van der Waals surface area contributed by atoms with Crippen LogP contribution in [0, 0.1) is 12.8 Å². The first kappa shape index (κ1) is 28.8. The van der Waals surface area contributed by atoms with E-state index in [-0.39, 0.29) is 29.1 Å². The molecule has 11 heteroatoms. The first-order valence-corrected chi connectivity index (χ1v) is 14.5. The second-order valence-electron chi connectivity index (χ2n) is 12.4. The minimum Gasteiger partial charge on any atom is -0.379 e. The maximum Gasteiger partial charge on any atom is 0.416 e. The van der Waals surface area contributed by atoms with Crippen LogP contribution in [0.4, 0.5) is 18.9 Å². The summed E-state index contributed by atoms with van der Waals surface area (Å²) in [5, 5.41) is 8.74. The van der Waals surface area contributed by atoms with Crippen LogP contribution in [0.15, 0.2) is 42.6 Å². The molecule has 1 aromatic heterocycles. The number of piperazine rings is 1. The molecule has 224 valence electrons. The van der Waals surface area contributed by atoms with Crippen LogP contribution < -0.4 is 4.90 Å². The van der Waals surface area contributed by atoms with Crippen molar-refractivity contribution in [1.29, 1.82) is 0 Å². The molecule has 0 aliphatic carbocycles. The number of hydrogen-bond donors (Lipinski definition) is 0. The smallest absolute Gasteiger partial charge is 0.379 e. The Morgan fingerprint density at radius 1 is 1.14 bits per heavy atom. The number of halogens is 3. The molecule has 3 aliphatic heterocycles. The van der Waals surface area contributed by atoms with E-state index < -0.39 is 17.6 Å². The lowest BCUT2D eigenvalue weighted by Crippen LogP contribution is -2.53. The van der Waals surface area contributed by atoms with Gasteiger partial charge in [-0.1, -0.05) is 26.0 Å². The summed E-state index contributed by atoms with van der Waals surface area (Å²) in [4.78, 5) is 21.4. The number of likely N-dealkylation sites (N-methyl/N-ethyl adjacent to an activating group) is 1. The number of rotatable bonds is 7.